The summed E-state index contributed by atoms with van der Waals surface area (Å²) < 4.78 is 10.6. The third-order valence-corrected chi connectivity index (χ3v) is 2.37. The van der Waals surface area contributed by atoms with Crippen LogP contribution in [0.1, 0.15) is 19.4 Å². The van der Waals surface area contributed by atoms with Gasteiger partial charge in [0, 0.05) is 20.2 Å². The van der Waals surface area contributed by atoms with Gasteiger partial charge in [-0.2, -0.15) is 0 Å². The molecule has 0 bridgehead atoms. The van der Waals surface area contributed by atoms with Crippen molar-refractivity contribution in [1.29, 1.82) is 0 Å². The Balaban J connectivity index is 2.38. The van der Waals surface area contributed by atoms with Crippen LogP contribution >= 0.6 is 0 Å². The fraction of sp³-hybridized carbons (Fsp3) is 0.538. The van der Waals surface area contributed by atoms with Crippen LogP contribution in [0.25, 0.3) is 0 Å². The van der Waals surface area contributed by atoms with Gasteiger partial charge in [0.1, 0.15) is 5.75 Å². The molecule has 1 rings (SSSR count). The Bertz CT molecular complexity index is 302. The fourth-order valence-corrected chi connectivity index (χ4v) is 1.42. The number of nitrogens with one attached hydrogen (secondary N) is 1. The molecule has 3 heteroatoms. The Morgan fingerprint density at radius 1 is 1.38 bits per heavy atom. The lowest BCUT2D eigenvalue weighted by molar-refractivity contribution is 0.117. The Hall–Kier alpha value is -1.06. The molecule has 1 N–H and O–H groups in total. The number of rotatable bonds is 7. The lowest BCUT2D eigenvalue weighted by Gasteiger charge is -2.11. The predicted molar refractivity (Wildman–Crippen MR) is 65.8 cm³/mol. The van der Waals surface area contributed by atoms with Crippen molar-refractivity contribution in [2.75, 3.05) is 20.3 Å². The number of methoxy groups -OCH3 is 1. The van der Waals surface area contributed by atoms with Crippen molar-refractivity contribution < 1.29 is 9.47 Å². The van der Waals surface area contributed by atoms with E-state index in [9.17, 15) is 0 Å². The minimum Gasteiger partial charge on any atom is -0.494 e. The van der Waals surface area contributed by atoms with Crippen LogP contribution in [-0.2, 0) is 11.3 Å². The summed E-state index contributed by atoms with van der Waals surface area (Å²) in [5.41, 5.74) is 1.23. The average molecular weight is 223 g/mol. The molecule has 0 saturated carbocycles. The smallest absolute Gasteiger partial charge is 0.119 e. The van der Waals surface area contributed by atoms with Crippen molar-refractivity contribution >= 4 is 0 Å². The van der Waals surface area contributed by atoms with E-state index >= 15 is 0 Å². The molecule has 0 radical (unpaired) electrons. The van der Waals surface area contributed by atoms with Crippen molar-refractivity contribution in [3.05, 3.63) is 29.8 Å². The number of hydrogen-bond acceptors (Lipinski definition) is 3. The van der Waals surface area contributed by atoms with Crippen molar-refractivity contribution in [1.82, 2.24) is 5.32 Å². The summed E-state index contributed by atoms with van der Waals surface area (Å²) in [6.07, 6.45) is 0.245. The second-order valence-corrected chi connectivity index (χ2v) is 3.76. The zero-order chi connectivity index (χ0) is 11.8. The molecule has 1 atom stereocenters. The summed E-state index contributed by atoms with van der Waals surface area (Å²) in [6.45, 7) is 6.44. The molecule has 1 unspecified atom stereocenters. The SMILES string of the molecule is CCOc1cccc(CNCC(C)OC)c1. The van der Waals surface area contributed by atoms with Crippen LogP contribution in [0.5, 0.6) is 5.75 Å². The van der Waals surface area contributed by atoms with Crippen LogP contribution in [0.15, 0.2) is 24.3 Å². The van der Waals surface area contributed by atoms with Crippen LogP contribution in [0.2, 0.25) is 0 Å². The van der Waals surface area contributed by atoms with Gasteiger partial charge in [0.05, 0.1) is 12.7 Å². The van der Waals surface area contributed by atoms with Crippen LogP contribution in [0.3, 0.4) is 0 Å². The second kappa shape index (κ2) is 7.25. The first-order valence-corrected chi connectivity index (χ1v) is 5.71. The summed E-state index contributed by atoms with van der Waals surface area (Å²) in [7, 11) is 1.72. The number of benzene rings is 1. The molecule has 0 spiro atoms. The Labute approximate surface area is 97.8 Å². The molecule has 0 fully saturated rings. The molecule has 0 saturated heterocycles. The molecule has 1 aromatic carbocycles. The van der Waals surface area contributed by atoms with E-state index in [2.05, 4.69) is 17.4 Å². The largest absolute Gasteiger partial charge is 0.494 e. The lowest BCUT2D eigenvalue weighted by Crippen LogP contribution is -2.25. The van der Waals surface area contributed by atoms with E-state index < -0.39 is 0 Å². The maximum Gasteiger partial charge on any atom is 0.119 e. The van der Waals surface area contributed by atoms with Gasteiger partial charge in [0.25, 0.3) is 0 Å². The van der Waals surface area contributed by atoms with Gasteiger partial charge >= 0.3 is 0 Å². The summed E-state index contributed by atoms with van der Waals surface area (Å²) in [6, 6.07) is 8.15. The molecule has 0 aliphatic heterocycles. The van der Waals surface area contributed by atoms with Gasteiger partial charge in [0.15, 0.2) is 0 Å². The molecule has 90 valence electrons. The molecule has 0 aliphatic rings. The highest BCUT2D eigenvalue weighted by atomic mass is 16.5. The van der Waals surface area contributed by atoms with E-state index in [1.807, 2.05) is 26.0 Å². The minimum atomic E-state index is 0.245. The summed E-state index contributed by atoms with van der Waals surface area (Å²) in [4.78, 5) is 0. The van der Waals surface area contributed by atoms with E-state index in [-0.39, 0.29) is 6.10 Å². The summed E-state index contributed by atoms with van der Waals surface area (Å²) in [5, 5.41) is 3.34. The summed E-state index contributed by atoms with van der Waals surface area (Å²) in [5.74, 6) is 0.932. The lowest BCUT2D eigenvalue weighted by atomic mass is 10.2. The molecular formula is C13H21NO2. The van der Waals surface area contributed by atoms with Gasteiger partial charge in [-0.05, 0) is 31.5 Å². The van der Waals surface area contributed by atoms with Gasteiger partial charge in [-0.25, -0.2) is 0 Å². The molecule has 0 aromatic heterocycles. The number of hydrogen-bond donors (Lipinski definition) is 1. The van der Waals surface area contributed by atoms with Crippen LogP contribution < -0.4 is 10.1 Å². The van der Waals surface area contributed by atoms with Crippen molar-refractivity contribution in [3.8, 4) is 5.75 Å². The second-order valence-electron chi connectivity index (χ2n) is 3.76. The van der Waals surface area contributed by atoms with Gasteiger partial charge in [-0.1, -0.05) is 12.1 Å². The molecular weight excluding hydrogens is 202 g/mol. The fourth-order valence-electron chi connectivity index (χ4n) is 1.42. The molecule has 0 heterocycles. The van der Waals surface area contributed by atoms with Crippen molar-refractivity contribution in [2.24, 2.45) is 0 Å². The molecule has 16 heavy (non-hydrogen) atoms. The van der Waals surface area contributed by atoms with E-state index in [0.29, 0.717) is 6.61 Å². The van der Waals surface area contributed by atoms with Crippen LogP contribution in [0.4, 0.5) is 0 Å². The Morgan fingerprint density at radius 3 is 2.88 bits per heavy atom. The van der Waals surface area contributed by atoms with Crippen molar-refractivity contribution in [3.63, 3.8) is 0 Å². The Kier molecular flexibility index (Phi) is 5.90. The van der Waals surface area contributed by atoms with Crippen LogP contribution in [-0.4, -0.2) is 26.4 Å². The first-order valence-electron chi connectivity index (χ1n) is 5.71. The number of ether oxygens (including phenoxy) is 2. The highest BCUT2D eigenvalue weighted by molar-refractivity contribution is 5.28. The highest BCUT2D eigenvalue weighted by Crippen LogP contribution is 2.12. The Morgan fingerprint density at radius 2 is 2.19 bits per heavy atom. The van der Waals surface area contributed by atoms with Gasteiger partial charge in [0.2, 0.25) is 0 Å². The maximum atomic E-state index is 5.44. The van der Waals surface area contributed by atoms with Crippen LogP contribution in [0, 0.1) is 0 Å². The third kappa shape index (κ3) is 4.64. The summed E-state index contributed by atoms with van der Waals surface area (Å²) >= 11 is 0. The van der Waals surface area contributed by atoms with E-state index in [1.165, 1.54) is 5.56 Å². The highest BCUT2D eigenvalue weighted by Gasteiger charge is 1.99. The monoisotopic (exact) mass is 223 g/mol. The maximum absolute atomic E-state index is 5.44. The zero-order valence-corrected chi connectivity index (χ0v) is 10.3. The van der Waals surface area contributed by atoms with Gasteiger partial charge in [-0.15, -0.1) is 0 Å². The van der Waals surface area contributed by atoms with Gasteiger partial charge in [-0.3, -0.25) is 0 Å². The minimum absolute atomic E-state index is 0.245. The first-order chi connectivity index (χ1) is 7.76. The molecule has 3 nitrogen and oxygen atoms in total. The standard InChI is InChI=1S/C13H21NO2/c1-4-16-13-7-5-6-12(8-13)10-14-9-11(2)15-3/h5-8,11,14H,4,9-10H2,1-3H3. The van der Waals surface area contributed by atoms with E-state index in [0.717, 1.165) is 18.8 Å². The normalized spacial score (nSPS) is 12.4. The van der Waals surface area contributed by atoms with E-state index in [4.69, 9.17) is 9.47 Å². The van der Waals surface area contributed by atoms with Crippen molar-refractivity contribution in [2.45, 2.75) is 26.5 Å². The average Bonchev–Trinajstić information content (AvgIpc) is 2.30. The van der Waals surface area contributed by atoms with E-state index in [1.54, 1.807) is 7.11 Å². The molecule has 1 aromatic rings. The quantitative estimate of drug-likeness (QED) is 0.768. The first kappa shape index (κ1) is 13.0. The molecule has 0 aliphatic carbocycles. The topological polar surface area (TPSA) is 30.5 Å². The van der Waals surface area contributed by atoms with Gasteiger partial charge < -0.3 is 14.8 Å². The zero-order valence-electron chi connectivity index (χ0n) is 10.3. The molecule has 0 amide bonds. The predicted octanol–water partition coefficient (Wildman–Crippen LogP) is 2.21. The third-order valence-electron chi connectivity index (χ3n) is 2.37.